The second-order valence-electron chi connectivity index (χ2n) is 2.78. The Balaban J connectivity index is 3.35. The van der Waals surface area contributed by atoms with E-state index in [-0.39, 0.29) is 12.6 Å². The molecular formula is C9H17NO3. The van der Waals surface area contributed by atoms with Crippen molar-refractivity contribution in [3.05, 3.63) is 12.2 Å². The molecule has 0 rings (SSSR count). The SMILES string of the molecule is C=C(C)C(O)NCCOC(=O)CC. The van der Waals surface area contributed by atoms with Crippen molar-refractivity contribution >= 4 is 5.97 Å². The second-order valence-corrected chi connectivity index (χ2v) is 2.78. The van der Waals surface area contributed by atoms with Crippen LogP contribution in [-0.4, -0.2) is 30.5 Å². The first kappa shape index (κ1) is 12.1. The minimum Gasteiger partial charge on any atom is -0.464 e. The third-order valence-corrected chi connectivity index (χ3v) is 1.46. The lowest BCUT2D eigenvalue weighted by atomic mass is 10.3. The van der Waals surface area contributed by atoms with Gasteiger partial charge in [-0.2, -0.15) is 0 Å². The molecule has 4 heteroatoms. The number of rotatable bonds is 6. The maximum absolute atomic E-state index is 10.7. The van der Waals surface area contributed by atoms with Gasteiger partial charge in [-0.1, -0.05) is 13.5 Å². The van der Waals surface area contributed by atoms with Gasteiger partial charge in [-0.3, -0.25) is 10.1 Å². The summed E-state index contributed by atoms with van der Waals surface area (Å²) >= 11 is 0. The number of hydrogen-bond donors (Lipinski definition) is 2. The average Bonchev–Trinajstić information content (AvgIpc) is 2.11. The van der Waals surface area contributed by atoms with Gasteiger partial charge in [-0.05, 0) is 12.5 Å². The van der Waals surface area contributed by atoms with Gasteiger partial charge in [0, 0.05) is 13.0 Å². The highest BCUT2D eigenvalue weighted by Crippen LogP contribution is 1.91. The van der Waals surface area contributed by atoms with E-state index in [0.29, 0.717) is 18.5 Å². The molecule has 0 aromatic carbocycles. The standard InChI is InChI=1S/C9H17NO3/c1-4-8(11)13-6-5-10-9(12)7(2)3/h9-10,12H,2,4-6H2,1,3H3. The topological polar surface area (TPSA) is 58.6 Å². The van der Waals surface area contributed by atoms with Crippen molar-refractivity contribution in [2.45, 2.75) is 26.5 Å². The average molecular weight is 187 g/mol. The highest BCUT2D eigenvalue weighted by Gasteiger charge is 2.02. The van der Waals surface area contributed by atoms with Crippen LogP contribution < -0.4 is 5.32 Å². The monoisotopic (exact) mass is 187 g/mol. The fourth-order valence-electron chi connectivity index (χ4n) is 0.637. The minimum atomic E-state index is -0.722. The molecule has 0 radical (unpaired) electrons. The summed E-state index contributed by atoms with van der Waals surface area (Å²) in [5.41, 5.74) is 0.641. The van der Waals surface area contributed by atoms with Gasteiger partial charge in [0.15, 0.2) is 0 Å². The van der Waals surface area contributed by atoms with Crippen LogP contribution >= 0.6 is 0 Å². The van der Waals surface area contributed by atoms with Crippen LogP contribution in [0.1, 0.15) is 20.3 Å². The number of nitrogens with one attached hydrogen (secondary N) is 1. The van der Waals surface area contributed by atoms with Crippen LogP contribution in [0.15, 0.2) is 12.2 Å². The molecule has 1 unspecified atom stereocenters. The third kappa shape index (κ3) is 6.31. The van der Waals surface area contributed by atoms with Crippen LogP contribution in [-0.2, 0) is 9.53 Å². The smallest absolute Gasteiger partial charge is 0.305 e. The lowest BCUT2D eigenvalue weighted by Crippen LogP contribution is -2.32. The molecule has 1 atom stereocenters. The number of carbonyl (C=O) groups excluding carboxylic acids is 1. The zero-order chi connectivity index (χ0) is 10.3. The Morgan fingerprint density at radius 2 is 2.31 bits per heavy atom. The van der Waals surface area contributed by atoms with Gasteiger partial charge < -0.3 is 9.84 Å². The molecule has 2 N–H and O–H groups in total. The van der Waals surface area contributed by atoms with Gasteiger partial charge in [-0.15, -0.1) is 0 Å². The molecule has 0 amide bonds. The summed E-state index contributed by atoms with van der Waals surface area (Å²) in [6, 6.07) is 0. The van der Waals surface area contributed by atoms with Crippen molar-refractivity contribution in [2.75, 3.05) is 13.2 Å². The molecule has 0 aliphatic heterocycles. The Morgan fingerprint density at radius 1 is 1.69 bits per heavy atom. The number of ether oxygens (including phenoxy) is 1. The summed E-state index contributed by atoms with van der Waals surface area (Å²) in [5.74, 6) is -0.230. The van der Waals surface area contributed by atoms with Gasteiger partial charge in [0.25, 0.3) is 0 Å². The predicted octanol–water partition coefficient (Wildman–Crippen LogP) is 0.424. The third-order valence-electron chi connectivity index (χ3n) is 1.46. The van der Waals surface area contributed by atoms with Crippen LogP contribution in [0.25, 0.3) is 0 Å². The minimum absolute atomic E-state index is 0.230. The normalized spacial score (nSPS) is 12.2. The molecule has 0 aromatic heterocycles. The molecule has 0 heterocycles. The van der Waals surface area contributed by atoms with E-state index in [2.05, 4.69) is 11.9 Å². The van der Waals surface area contributed by atoms with E-state index in [4.69, 9.17) is 4.74 Å². The van der Waals surface area contributed by atoms with Gasteiger partial charge >= 0.3 is 5.97 Å². The van der Waals surface area contributed by atoms with Crippen molar-refractivity contribution in [1.82, 2.24) is 5.32 Å². The molecule has 0 aromatic rings. The Labute approximate surface area is 78.6 Å². The Bertz CT molecular complexity index is 180. The summed E-state index contributed by atoms with van der Waals surface area (Å²) in [6.45, 7) is 7.72. The molecule has 13 heavy (non-hydrogen) atoms. The van der Waals surface area contributed by atoms with Crippen molar-refractivity contribution in [1.29, 1.82) is 0 Å². The van der Waals surface area contributed by atoms with Crippen molar-refractivity contribution in [2.24, 2.45) is 0 Å². The van der Waals surface area contributed by atoms with E-state index in [9.17, 15) is 9.90 Å². The number of carbonyl (C=O) groups is 1. The maximum Gasteiger partial charge on any atom is 0.305 e. The van der Waals surface area contributed by atoms with Crippen LogP contribution in [0, 0.1) is 0 Å². The van der Waals surface area contributed by atoms with E-state index in [1.54, 1.807) is 13.8 Å². The fourth-order valence-corrected chi connectivity index (χ4v) is 0.637. The number of esters is 1. The molecule has 0 aliphatic rings. The van der Waals surface area contributed by atoms with Gasteiger partial charge in [0.1, 0.15) is 12.8 Å². The van der Waals surface area contributed by atoms with E-state index in [0.717, 1.165) is 0 Å². The van der Waals surface area contributed by atoms with Gasteiger partial charge in [0.2, 0.25) is 0 Å². The maximum atomic E-state index is 10.7. The molecule has 0 saturated heterocycles. The first-order chi connectivity index (χ1) is 6.07. The molecule has 0 aliphatic carbocycles. The Hall–Kier alpha value is -0.870. The van der Waals surface area contributed by atoms with E-state index < -0.39 is 6.23 Å². The molecule has 76 valence electrons. The fraction of sp³-hybridized carbons (Fsp3) is 0.667. The van der Waals surface area contributed by atoms with Crippen molar-refractivity contribution in [3.8, 4) is 0 Å². The lowest BCUT2D eigenvalue weighted by molar-refractivity contribution is -0.143. The van der Waals surface area contributed by atoms with Crippen LogP contribution in [0.3, 0.4) is 0 Å². The molecule has 0 bridgehead atoms. The van der Waals surface area contributed by atoms with E-state index in [1.165, 1.54) is 0 Å². The quantitative estimate of drug-likeness (QED) is 0.274. The first-order valence-corrected chi connectivity index (χ1v) is 4.30. The predicted molar refractivity (Wildman–Crippen MR) is 50.1 cm³/mol. The lowest BCUT2D eigenvalue weighted by Gasteiger charge is -2.11. The number of aliphatic hydroxyl groups excluding tert-OH is 1. The van der Waals surface area contributed by atoms with Crippen LogP contribution in [0.5, 0.6) is 0 Å². The van der Waals surface area contributed by atoms with E-state index in [1.807, 2.05) is 0 Å². The summed E-state index contributed by atoms with van der Waals surface area (Å²) in [7, 11) is 0. The highest BCUT2D eigenvalue weighted by atomic mass is 16.5. The van der Waals surface area contributed by atoms with Crippen LogP contribution in [0.4, 0.5) is 0 Å². The summed E-state index contributed by atoms with van der Waals surface area (Å²) < 4.78 is 4.78. The van der Waals surface area contributed by atoms with Gasteiger partial charge in [0.05, 0.1) is 0 Å². The Kier molecular flexibility index (Phi) is 6.18. The molecule has 4 nitrogen and oxygen atoms in total. The van der Waals surface area contributed by atoms with E-state index >= 15 is 0 Å². The zero-order valence-corrected chi connectivity index (χ0v) is 8.17. The molecule has 0 spiro atoms. The summed E-state index contributed by atoms with van der Waals surface area (Å²) in [4.78, 5) is 10.7. The molecular weight excluding hydrogens is 170 g/mol. The van der Waals surface area contributed by atoms with Crippen molar-refractivity contribution in [3.63, 3.8) is 0 Å². The van der Waals surface area contributed by atoms with Crippen LogP contribution in [0.2, 0.25) is 0 Å². The summed E-state index contributed by atoms with van der Waals surface area (Å²) in [5, 5.41) is 11.9. The largest absolute Gasteiger partial charge is 0.464 e. The second kappa shape index (κ2) is 6.62. The number of aliphatic hydroxyl groups is 1. The first-order valence-electron chi connectivity index (χ1n) is 4.30. The number of hydrogen-bond acceptors (Lipinski definition) is 4. The zero-order valence-electron chi connectivity index (χ0n) is 8.17. The molecule has 0 saturated carbocycles. The molecule has 0 fully saturated rings. The summed E-state index contributed by atoms with van der Waals surface area (Å²) in [6.07, 6.45) is -0.344. The van der Waals surface area contributed by atoms with Gasteiger partial charge in [-0.25, -0.2) is 0 Å². The highest BCUT2D eigenvalue weighted by molar-refractivity contribution is 5.68. The van der Waals surface area contributed by atoms with Crippen molar-refractivity contribution < 1.29 is 14.6 Å². The Morgan fingerprint density at radius 3 is 2.77 bits per heavy atom.